The zero-order valence-electron chi connectivity index (χ0n) is 15.9. The molecule has 0 aliphatic heterocycles. The highest BCUT2D eigenvalue weighted by atomic mass is 16.1. The molecule has 24 heavy (non-hydrogen) atoms. The van der Waals surface area contributed by atoms with Gasteiger partial charge in [0.1, 0.15) is 0 Å². The maximum Gasteiger partial charge on any atom is 0.261 e. The van der Waals surface area contributed by atoms with Gasteiger partial charge in [-0.2, -0.15) is 0 Å². The Morgan fingerprint density at radius 3 is 2.08 bits per heavy atom. The van der Waals surface area contributed by atoms with Crippen molar-refractivity contribution in [3.05, 3.63) is 75.2 Å². The third-order valence-electron chi connectivity index (χ3n) is 3.34. The highest BCUT2D eigenvalue weighted by Crippen LogP contribution is 2.08. The maximum atomic E-state index is 12.2. The summed E-state index contributed by atoms with van der Waals surface area (Å²) in [5, 5.41) is 0. The molecule has 0 bridgehead atoms. The fraction of sp³-hybridized carbons (Fsp3) is 0.333. The smallest absolute Gasteiger partial charge is 0.261 e. The van der Waals surface area contributed by atoms with Crippen LogP contribution in [0.15, 0.2) is 47.3 Å². The lowest BCUT2D eigenvalue weighted by Crippen LogP contribution is -2.26. The first-order chi connectivity index (χ1) is 11.5. The van der Waals surface area contributed by atoms with Crippen molar-refractivity contribution in [3.63, 3.8) is 0 Å². The van der Waals surface area contributed by atoms with E-state index in [-0.39, 0.29) is 16.9 Å². The molecule has 0 spiro atoms. The van der Waals surface area contributed by atoms with Crippen LogP contribution in [0.1, 0.15) is 54.9 Å². The van der Waals surface area contributed by atoms with E-state index < -0.39 is 0 Å². The molecular formula is C21H29NO2. The third kappa shape index (κ3) is 5.65. The molecule has 0 aliphatic carbocycles. The SMILES string of the molecule is CC.CC.Cc1cc(C)n(C)c(=O)c1C(=O)/C=C/c1ccccc1. The molecule has 130 valence electrons. The quantitative estimate of drug-likeness (QED) is 0.591. The molecule has 1 aromatic heterocycles. The van der Waals surface area contributed by atoms with Gasteiger partial charge < -0.3 is 4.57 Å². The molecule has 0 amide bonds. The highest BCUT2D eigenvalue weighted by molar-refractivity contribution is 6.07. The number of allylic oxidation sites excluding steroid dienone is 1. The minimum absolute atomic E-state index is 0.241. The van der Waals surface area contributed by atoms with Crippen molar-refractivity contribution in [2.24, 2.45) is 7.05 Å². The molecule has 0 saturated carbocycles. The number of pyridine rings is 1. The monoisotopic (exact) mass is 327 g/mol. The molecule has 1 aromatic carbocycles. The van der Waals surface area contributed by atoms with Crippen LogP contribution in [0.4, 0.5) is 0 Å². The number of nitrogens with zero attached hydrogens (tertiary/aromatic N) is 1. The van der Waals surface area contributed by atoms with Crippen LogP contribution in [-0.2, 0) is 7.05 Å². The van der Waals surface area contributed by atoms with Gasteiger partial charge >= 0.3 is 0 Å². The van der Waals surface area contributed by atoms with Gasteiger partial charge in [-0.25, -0.2) is 0 Å². The second-order valence-electron chi connectivity index (χ2n) is 4.82. The Morgan fingerprint density at radius 1 is 1.00 bits per heavy atom. The van der Waals surface area contributed by atoms with Crippen molar-refractivity contribution in [1.29, 1.82) is 0 Å². The molecule has 0 radical (unpaired) electrons. The summed E-state index contributed by atoms with van der Waals surface area (Å²) < 4.78 is 1.50. The van der Waals surface area contributed by atoms with E-state index in [4.69, 9.17) is 0 Å². The normalized spacial score (nSPS) is 9.62. The van der Waals surface area contributed by atoms with Crippen LogP contribution in [0.25, 0.3) is 6.08 Å². The van der Waals surface area contributed by atoms with Gasteiger partial charge in [0, 0.05) is 12.7 Å². The fourth-order valence-electron chi connectivity index (χ4n) is 2.10. The van der Waals surface area contributed by atoms with Crippen molar-refractivity contribution >= 4 is 11.9 Å². The number of benzene rings is 1. The van der Waals surface area contributed by atoms with E-state index in [1.807, 2.05) is 71.0 Å². The minimum atomic E-state index is -0.257. The second-order valence-corrected chi connectivity index (χ2v) is 4.82. The lowest BCUT2D eigenvalue weighted by molar-refractivity contribution is 0.104. The minimum Gasteiger partial charge on any atom is -0.315 e. The Balaban J connectivity index is 0.00000123. The van der Waals surface area contributed by atoms with Crippen LogP contribution >= 0.6 is 0 Å². The van der Waals surface area contributed by atoms with Crippen molar-refractivity contribution in [1.82, 2.24) is 4.57 Å². The van der Waals surface area contributed by atoms with Crippen molar-refractivity contribution in [2.45, 2.75) is 41.5 Å². The topological polar surface area (TPSA) is 39.1 Å². The largest absolute Gasteiger partial charge is 0.315 e. The van der Waals surface area contributed by atoms with Gasteiger partial charge in [0.2, 0.25) is 0 Å². The van der Waals surface area contributed by atoms with Crippen LogP contribution in [-0.4, -0.2) is 10.4 Å². The van der Waals surface area contributed by atoms with Crippen molar-refractivity contribution in [2.75, 3.05) is 0 Å². The predicted octanol–water partition coefficient (Wildman–Crippen LogP) is 4.95. The van der Waals surface area contributed by atoms with Gasteiger partial charge in [-0.1, -0.05) is 64.1 Å². The van der Waals surface area contributed by atoms with Gasteiger partial charge in [-0.15, -0.1) is 0 Å². The Hall–Kier alpha value is -2.42. The molecule has 0 unspecified atom stereocenters. The number of carbonyl (C=O) groups is 1. The molecule has 0 aliphatic rings. The van der Waals surface area contributed by atoms with E-state index in [0.29, 0.717) is 5.56 Å². The van der Waals surface area contributed by atoms with Crippen LogP contribution in [0.2, 0.25) is 0 Å². The first kappa shape index (κ1) is 21.6. The summed E-state index contributed by atoms with van der Waals surface area (Å²) >= 11 is 0. The molecule has 2 rings (SSSR count). The van der Waals surface area contributed by atoms with Crippen molar-refractivity contribution < 1.29 is 4.79 Å². The zero-order valence-corrected chi connectivity index (χ0v) is 15.9. The zero-order chi connectivity index (χ0) is 18.7. The molecule has 0 saturated heterocycles. The van der Waals surface area contributed by atoms with Crippen LogP contribution < -0.4 is 5.56 Å². The lowest BCUT2D eigenvalue weighted by atomic mass is 10.0. The number of ketones is 1. The fourth-order valence-corrected chi connectivity index (χ4v) is 2.10. The molecule has 0 fully saturated rings. The summed E-state index contributed by atoms with van der Waals surface area (Å²) in [5.41, 5.74) is 2.49. The second kappa shape index (κ2) is 11.2. The third-order valence-corrected chi connectivity index (χ3v) is 3.34. The summed E-state index contributed by atoms with van der Waals surface area (Å²) in [6, 6.07) is 11.4. The van der Waals surface area contributed by atoms with Gasteiger partial charge in [0.05, 0.1) is 5.56 Å². The van der Waals surface area contributed by atoms with Crippen molar-refractivity contribution in [3.8, 4) is 0 Å². The van der Waals surface area contributed by atoms with E-state index in [9.17, 15) is 9.59 Å². The number of hydrogen-bond acceptors (Lipinski definition) is 2. The van der Waals surface area contributed by atoms with E-state index in [1.54, 1.807) is 20.0 Å². The van der Waals surface area contributed by atoms with Crippen LogP contribution in [0, 0.1) is 13.8 Å². The average Bonchev–Trinajstić information content (AvgIpc) is 2.62. The van der Waals surface area contributed by atoms with E-state index in [2.05, 4.69) is 0 Å². The lowest BCUT2D eigenvalue weighted by Gasteiger charge is -2.08. The van der Waals surface area contributed by atoms with Gasteiger partial charge in [0.15, 0.2) is 5.78 Å². The molecule has 3 nitrogen and oxygen atoms in total. The summed E-state index contributed by atoms with van der Waals surface area (Å²) in [5.74, 6) is -0.257. The summed E-state index contributed by atoms with van der Waals surface area (Å²) in [6.45, 7) is 11.6. The van der Waals surface area contributed by atoms with Gasteiger partial charge in [0.25, 0.3) is 5.56 Å². The van der Waals surface area contributed by atoms with Gasteiger partial charge in [-0.3, -0.25) is 9.59 Å². The Labute approximate surface area is 145 Å². The molecular weight excluding hydrogens is 298 g/mol. The predicted molar refractivity (Wildman–Crippen MR) is 104 cm³/mol. The number of hydrogen-bond donors (Lipinski definition) is 0. The highest BCUT2D eigenvalue weighted by Gasteiger charge is 2.13. The van der Waals surface area contributed by atoms with E-state index >= 15 is 0 Å². The number of carbonyl (C=O) groups excluding carboxylic acids is 1. The molecule has 0 atom stereocenters. The first-order valence-corrected chi connectivity index (χ1v) is 8.45. The Kier molecular flexibility index (Phi) is 10.0. The van der Waals surface area contributed by atoms with E-state index in [1.165, 1.54) is 10.6 Å². The summed E-state index contributed by atoms with van der Waals surface area (Å²) in [4.78, 5) is 24.4. The maximum absolute atomic E-state index is 12.2. The summed E-state index contributed by atoms with van der Waals surface area (Å²) in [6.07, 6.45) is 3.18. The van der Waals surface area contributed by atoms with Crippen LogP contribution in [0.5, 0.6) is 0 Å². The Morgan fingerprint density at radius 2 is 1.54 bits per heavy atom. The molecule has 2 aromatic rings. The average molecular weight is 327 g/mol. The number of aromatic nitrogens is 1. The standard InChI is InChI=1S/C17H17NO2.2C2H6/c1-12-11-13(2)18(3)17(20)16(12)15(19)10-9-14-7-5-4-6-8-14;2*1-2/h4-11H,1-3H3;2*1-2H3/b10-9+;;. The molecule has 3 heteroatoms. The van der Waals surface area contributed by atoms with Gasteiger partial charge in [-0.05, 0) is 37.1 Å². The summed E-state index contributed by atoms with van der Waals surface area (Å²) in [7, 11) is 1.68. The van der Waals surface area contributed by atoms with E-state index in [0.717, 1.165) is 11.3 Å². The number of rotatable bonds is 3. The Bertz CT molecular complexity index is 725. The number of aryl methyl sites for hydroxylation is 2. The molecule has 0 N–H and O–H groups in total. The first-order valence-electron chi connectivity index (χ1n) is 8.45. The van der Waals surface area contributed by atoms with Crippen LogP contribution in [0.3, 0.4) is 0 Å². The molecule has 1 heterocycles.